The van der Waals surface area contributed by atoms with E-state index in [0.717, 1.165) is 73.1 Å². The lowest BCUT2D eigenvalue weighted by Crippen LogP contribution is -2.37. The maximum Gasteiger partial charge on any atom is 0.229 e. The van der Waals surface area contributed by atoms with Gasteiger partial charge in [0.05, 0.1) is 11.0 Å². The SMILES string of the molecule is CC(C(=O)N(C)c1ccc2nc(-c3n[nH]c4c3C[C@@H]3C[C@]3(C)C4)[nH]c2c1)C1CCOCC1. The largest absolute Gasteiger partial charge is 0.381 e. The van der Waals surface area contributed by atoms with Gasteiger partial charge in [0.2, 0.25) is 5.91 Å². The van der Waals surface area contributed by atoms with E-state index in [0.29, 0.717) is 11.3 Å². The molecule has 3 atom stereocenters. The Hall–Kier alpha value is -2.67. The molecule has 2 aliphatic carbocycles. The molecule has 6 rings (SSSR count). The Morgan fingerprint density at radius 1 is 1.31 bits per heavy atom. The molecule has 1 aliphatic heterocycles. The first-order valence-electron chi connectivity index (χ1n) is 11.8. The number of H-pyrrole nitrogens is 2. The van der Waals surface area contributed by atoms with Crippen molar-refractivity contribution in [3.05, 3.63) is 29.5 Å². The number of nitrogens with one attached hydrogen (secondary N) is 2. The summed E-state index contributed by atoms with van der Waals surface area (Å²) < 4.78 is 5.46. The molecular formula is C25H31N5O2. The van der Waals surface area contributed by atoms with Crippen LogP contribution in [0.3, 0.4) is 0 Å². The number of hydrogen-bond donors (Lipinski definition) is 2. The second-order valence-electron chi connectivity index (χ2n) is 10.4. The maximum atomic E-state index is 13.1. The van der Waals surface area contributed by atoms with Crippen LogP contribution in [-0.4, -0.2) is 46.3 Å². The monoisotopic (exact) mass is 433 g/mol. The zero-order valence-electron chi connectivity index (χ0n) is 19.1. The van der Waals surface area contributed by atoms with Gasteiger partial charge in [-0.25, -0.2) is 4.98 Å². The highest BCUT2D eigenvalue weighted by Crippen LogP contribution is 2.59. The zero-order valence-corrected chi connectivity index (χ0v) is 19.1. The van der Waals surface area contributed by atoms with Crippen LogP contribution < -0.4 is 4.90 Å². The summed E-state index contributed by atoms with van der Waals surface area (Å²) in [6, 6.07) is 6.00. The number of carbonyl (C=O) groups is 1. The number of hydrogen-bond acceptors (Lipinski definition) is 4. The van der Waals surface area contributed by atoms with Crippen molar-refractivity contribution in [2.24, 2.45) is 23.2 Å². The molecule has 1 unspecified atom stereocenters. The molecular weight excluding hydrogens is 402 g/mol. The molecule has 0 bridgehead atoms. The Labute approximate surface area is 187 Å². The molecule has 0 spiro atoms. The molecule has 7 nitrogen and oxygen atoms in total. The van der Waals surface area contributed by atoms with E-state index < -0.39 is 0 Å². The number of imidazole rings is 1. The van der Waals surface area contributed by atoms with E-state index >= 15 is 0 Å². The van der Waals surface area contributed by atoms with Crippen LogP contribution in [0.15, 0.2) is 18.2 Å². The number of carbonyl (C=O) groups excluding carboxylic acids is 1. The molecule has 0 radical (unpaired) electrons. The first-order valence-corrected chi connectivity index (χ1v) is 11.8. The van der Waals surface area contributed by atoms with Crippen molar-refractivity contribution in [2.75, 3.05) is 25.2 Å². The topological polar surface area (TPSA) is 86.9 Å². The summed E-state index contributed by atoms with van der Waals surface area (Å²) >= 11 is 0. The van der Waals surface area contributed by atoms with Gasteiger partial charge in [-0.2, -0.15) is 5.10 Å². The lowest BCUT2D eigenvalue weighted by atomic mass is 9.86. The predicted octanol–water partition coefficient (Wildman–Crippen LogP) is 4.10. The Kier molecular flexibility index (Phi) is 4.47. The highest BCUT2D eigenvalue weighted by Gasteiger charge is 2.53. The summed E-state index contributed by atoms with van der Waals surface area (Å²) in [5.74, 6) is 2.12. The second-order valence-corrected chi connectivity index (χ2v) is 10.4. The molecule has 32 heavy (non-hydrogen) atoms. The zero-order chi connectivity index (χ0) is 22.0. The fourth-order valence-corrected chi connectivity index (χ4v) is 5.82. The quantitative estimate of drug-likeness (QED) is 0.648. The van der Waals surface area contributed by atoms with Gasteiger partial charge in [-0.3, -0.25) is 9.89 Å². The number of ether oxygens (including phenoxy) is 1. The minimum absolute atomic E-state index is 0.0133. The molecule has 1 aromatic carbocycles. The lowest BCUT2D eigenvalue weighted by molar-refractivity contribution is -0.124. The van der Waals surface area contributed by atoms with Crippen LogP contribution in [0.2, 0.25) is 0 Å². The predicted molar refractivity (Wildman–Crippen MR) is 123 cm³/mol. The number of anilines is 1. The van der Waals surface area contributed by atoms with Crippen LogP contribution in [0.5, 0.6) is 0 Å². The normalized spacial score (nSPS) is 25.9. The van der Waals surface area contributed by atoms with Crippen molar-refractivity contribution in [1.29, 1.82) is 0 Å². The van der Waals surface area contributed by atoms with E-state index in [1.54, 1.807) is 4.90 Å². The maximum absolute atomic E-state index is 13.1. The third-order valence-electron chi connectivity index (χ3n) is 8.29. The molecule has 3 aromatic rings. The van der Waals surface area contributed by atoms with Crippen LogP contribution >= 0.6 is 0 Å². The number of nitrogens with zero attached hydrogens (tertiary/aromatic N) is 3. The van der Waals surface area contributed by atoms with Crippen LogP contribution in [0.4, 0.5) is 5.69 Å². The lowest BCUT2D eigenvalue weighted by Gasteiger charge is -2.30. The van der Waals surface area contributed by atoms with Gasteiger partial charge in [-0.15, -0.1) is 0 Å². The van der Waals surface area contributed by atoms with Gasteiger partial charge in [0, 0.05) is 43.1 Å². The van der Waals surface area contributed by atoms with Gasteiger partial charge in [-0.1, -0.05) is 13.8 Å². The molecule has 1 saturated carbocycles. The number of benzene rings is 1. The van der Waals surface area contributed by atoms with E-state index in [2.05, 4.69) is 22.1 Å². The van der Waals surface area contributed by atoms with Crippen molar-refractivity contribution in [3.8, 4) is 11.5 Å². The van der Waals surface area contributed by atoms with Crippen molar-refractivity contribution in [1.82, 2.24) is 20.2 Å². The number of rotatable bonds is 4. The summed E-state index contributed by atoms with van der Waals surface area (Å²) in [6.07, 6.45) is 5.39. The van der Waals surface area contributed by atoms with E-state index in [1.807, 2.05) is 32.2 Å². The smallest absolute Gasteiger partial charge is 0.229 e. The van der Waals surface area contributed by atoms with Gasteiger partial charge in [-0.05, 0) is 67.6 Å². The Morgan fingerprint density at radius 2 is 2.12 bits per heavy atom. The molecule has 2 aromatic heterocycles. The van der Waals surface area contributed by atoms with Crippen molar-refractivity contribution >= 4 is 22.6 Å². The average molecular weight is 434 g/mol. The number of aromatic amines is 2. The van der Waals surface area contributed by atoms with E-state index in [-0.39, 0.29) is 11.8 Å². The summed E-state index contributed by atoms with van der Waals surface area (Å²) in [5.41, 5.74) is 6.72. The van der Waals surface area contributed by atoms with Gasteiger partial charge < -0.3 is 14.6 Å². The van der Waals surface area contributed by atoms with Crippen LogP contribution in [0.1, 0.15) is 44.4 Å². The molecule has 168 valence electrons. The minimum Gasteiger partial charge on any atom is -0.381 e. The average Bonchev–Trinajstić information content (AvgIpc) is 3.11. The Balaban J connectivity index is 1.25. The number of amides is 1. The summed E-state index contributed by atoms with van der Waals surface area (Å²) in [6.45, 7) is 5.94. The second kappa shape index (κ2) is 7.17. The van der Waals surface area contributed by atoms with Crippen LogP contribution in [0, 0.1) is 23.2 Å². The molecule has 1 saturated heterocycles. The first kappa shape index (κ1) is 20.0. The number of aromatic nitrogens is 4. The third kappa shape index (κ3) is 3.17. The summed E-state index contributed by atoms with van der Waals surface area (Å²) in [4.78, 5) is 23.2. The molecule has 3 heterocycles. The highest BCUT2D eigenvalue weighted by atomic mass is 16.5. The molecule has 3 aliphatic rings. The summed E-state index contributed by atoms with van der Waals surface area (Å²) in [5, 5.41) is 7.88. The fourth-order valence-electron chi connectivity index (χ4n) is 5.82. The van der Waals surface area contributed by atoms with Crippen molar-refractivity contribution in [2.45, 2.75) is 46.0 Å². The van der Waals surface area contributed by atoms with Gasteiger partial charge in [0.1, 0.15) is 5.69 Å². The molecule has 2 N–H and O–H groups in total. The molecule has 2 fully saturated rings. The molecule has 1 amide bonds. The van der Waals surface area contributed by atoms with Crippen molar-refractivity contribution < 1.29 is 9.53 Å². The Bertz CT molecular complexity index is 1190. The third-order valence-corrected chi connectivity index (χ3v) is 8.29. The first-order chi connectivity index (χ1) is 15.4. The standard InChI is InChI=1S/C25H31N5O2/c1-14(15-6-8-32-9-7-15)24(31)30(3)17-4-5-19-20(11-17)27-23(26-19)22-18-10-16-12-25(16,2)13-21(18)28-29-22/h4-5,11,14-16H,6-10,12-13H2,1-3H3,(H,26,27)(H,28,29)/t14?,16-,25-/m1/s1. The fraction of sp³-hybridized carbons (Fsp3) is 0.560. The summed E-state index contributed by atoms with van der Waals surface area (Å²) in [7, 11) is 1.87. The van der Waals surface area contributed by atoms with E-state index in [9.17, 15) is 4.79 Å². The molecule has 7 heteroatoms. The van der Waals surface area contributed by atoms with Gasteiger partial charge in [0.15, 0.2) is 5.82 Å². The van der Waals surface area contributed by atoms with Crippen LogP contribution in [-0.2, 0) is 22.4 Å². The highest BCUT2D eigenvalue weighted by molar-refractivity contribution is 5.96. The number of fused-ring (bicyclic) bond motifs is 3. The van der Waals surface area contributed by atoms with Crippen molar-refractivity contribution in [3.63, 3.8) is 0 Å². The van der Waals surface area contributed by atoms with Crippen LogP contribution in [0.25, 0.3) is 22.6 Å². The van der Waals surface area contributed by atoms with Gasteiger partial charge in [0.25, 0.3) is 0 Å². The Morgan fingerprint density at radius 3 is 2.94 bits per heavy atom. The van der Waals surface area contributed by atoms with E-state index in [1.165, 1.54) is 17.7 Å². The minimum atomic E-state index is -0.0133. The van der Waals surface area contributed by atoms with E-state index in [4.69, 9.17) is 9.72 Å². The van der Waals surface area contributed by atoms with Gasteiger partial charge >= 0.3 is 0 Å².